The normalized spacial score (nSPS) is 16.9. The van der Waals surface area contributed by atoms with Crippen LogP contribution in [-0.2, 0) is 0 Å². The Bertz CT molecular complexity index is 472. The van der Waals surface area contributed by atoms with Crippen LogP contribution in [0, 0.1) is 5.82 Å². The Morgan fingerprint density at radius 2 is 2.10 bits per heavy atom. The van der Waals surface area contributed by atoms with Crippen LogP contribution in [-0.4, -0.2) is 43.1 Å². The van der Waals surface area contributed by atoms with Crippen LogP contribution in [0.2, 0.25) is 0 Å². The maximum atomic E-state index is 13.5. The van der Waals surface area contributed by atoms with E-state index in [1.807, 2.05) is 6.92 Å². The van der Waals surface area contributed by atoms with Gasteiger partial charge in [0.15, 0.2) is 17.5 Å². The molecule has 0 aliphatic carbocycles. The number of para-hydroxylation sites is 1. The third-order valence-corrected chi connectivity index (χ3v) is 3.40. The lowest BCUT2D eigenvalue weighted by Crippen LogP contribution is -2.40. The van der Waals surface area contributed by atoms with Crippen molar-refractivity contribution in [2.75, 3.05) is 26.2 Å². The summed E-state index contributed by atoms with van der Waals surface area (Å²) in [4.78, 5) is 6.87. The SMILES string of the molecule is CCNC(=NCC(C)Oc1ccccc1F)N1CCCC1. The lowest BCUT2D eigenvalue weighted by Gasteiger charge is -2.21. The maximum absolute atomic E-state index is 13.5. The molecule has 0 saturated carbocycles. The van der Waals surface area contributed by atoms with E-state index >= 15 is 0 Å². The molecule has 4 nitrogen and oxygen atoms in total. The molecule has 1 aromatic carbocycles. The van der Waals surface area contributed by atoms with E-state index in [9.17, 15) is 4.39 Å². The van der Waals surface area contributed by atoms with Crippen LogP contribution in [0.3, 0.4) is 0 Å². The molecule has 1 N–H and O–H groups in total. The van der Waals surface area contributed by atoms with E-state index < -0.39 is 0 Å². The zero-order valence-electron chi connectivity index (χ0n) is 12.8. The predicted molar refractivity (Wildman–Crippen MR) is 83.3 cm³/mol. The van der Waals surface area contributed by atoms with Crippen LogP contribution in [0.25, 0.3) is 0 Å². The lowest BCUT2D eigenvalue weighted by molar-refractivity contribution is 0.219. The van der Waals surface area contributed by atoms with Crippen LogP contribution in [0.1, 0.15) is 26.7 Å². The highest BCUT2D eigenvalue weighted by molar-refractivity contribution is 5.80. The molecule has 0 aromatic heterocycles. The second kappa shape index (κ2) is 7.86. The van der Waals surface area contributed by atoms with E-state index in [0.29, 0.717) is 6.54 Å². The van der Waals surface area contributed by atoms with Gasteiger partial charge in [-0.3, -0.25) is 0 Å². The average molecular weight is 293 g/mol. The summed E-state index contributed by atoms with van der Waals surface area (Å²) < 4.78 is 19.1. The first-order chi connectivity index (χ1) is 10.2. The molecule has 2 rings (SSSR count). The molecule has 1 saturated heterocycles. The van der Waals surface area contributed by atoms with Crippen molar-refractivity contribution in [1.82, 2.24) is 10.2 Å². The fourth-order valence-corrected chi connectivity index (χ4v) is 2.36. The fourth-order valence-electron chi connectivity index (χ4n) is 2.36. The molecule has 21 heavy (non-hydrogen) atoms. The largest absolute Gasteiger partial charge is 0.486 e. The van der Waals surface area contributed by atoms with Gasteiger partial charge in [-0.25, -0.2) is 9.38 Å². The van der Waals surface area contributed by atoms with Crippen molar-refractivity contribution in [3.63, 3.8) is 0 Å². The third kappa shape index (κ3) is 4.62. The van der Waals surface area contributed by atoms with Crippen molar-refractivity contribution in [2.45, 2.75) is 32.8 Å². The van der Waals surface area contributed by atoms with Crippen LogP contribution in [0.5, 0.6) is 5.75 Å². The second-order valence-corrected chi connectivity index (χ2v) is 5.25. The Labute approximate surface area is 126 Å². The number of hydrogen-bond donors (Lipinski definition) is 1. The number of nitrogens with zero attached hydrogens (tertiary/aromatic N) is 2. The molecule has 1 aliphatic heterocycles. The summed E-state index contributed by atoms with van der Waals surface area (Å²) in [7, 11) is 0. The Balaban J connectivity index is 1.92. The summed E-state index contributed by atoms with van der Waals surface area (Å²) in [5, 5.41) is 3.30. The van der Waals surface area contributed by atoms with Crippen molar-refractivity contribution in [3.8, 4) is 5.75 Å². The molecule has 5 heteroatoms. The molecular weight excluding hydrogens is 269 g/mol. The van der Waals surface area contributed by atoms with Crippen LogP contribution >= 0.6 is 0 Å². The summed E-state index contributed by atoms with van der Waals surface area (Å²) >= 11 is 0. The van der Waals surface area contributed by atoms with Gasteiger partial charge in [-0.15, -0.1) is 0 Å². The van der Waals surface area contributed by atoms with Gasteiger partial charge in [0.1, 0.15) is 6.10 Å². The highest BCUT2D eigenvalue weighted by Crippen LogP contribution is 2.17. The van der Waals surface area contributed by atoms with E-state index in [1.165, 1.54) is 18.9 Å². The molecule has 0 bridgehead atoms. The Hall–Kier alpha value is -1.78. The fraction of sp³-hybridized carbons (Fsp3) is 0.562. The van der Waals surface area contributed by atoms with Gasteiger partial charge in [-0.2, -0.15) is 0 Å². The van der Waals surface area contributed by atoms with E-state index in [2.05, 4.69) is 22.1 Å². The molecule has 1 unspecified atom stereocenters. The summed E-state index contributed by atoms with van der Waals surface area (Å²) in [6.07, 6.45) is 2.26. The van der Waals surface area contributed by atoms with Gasteiger partial charge in [0.25, 0.3) is 0 Å². The minimum absolute atomic E-state index is 0.168. The standard InChI is InChI=1S/C16H24FN3O/c1-3-18-16(20-10-6-7-11-20)19-12-13(2)21-15-9-5-4-8-14(15)17/h4-5,8-9,13H,3,6-7,10-12H2,1-2H3,(H,18,19). The number of guanidine groups is 1. The van der Waals surface area contributed by atoms with Crippen molar-refractivity contribution < 1.29 is 9.13 Å². The van der Waals surface area contributed by atoms with Crippen molar-refractivity contribution in [2.24, 2.45) is 4.99 Å². The topological polar surface area (TPSA) is 36.9 Å². The molecule has 1 fully saturated rings. The number of nitrogens with one attached hydrogen (secondary N) is 1. The van der Waals surface area contributed by atoms with Crippen molar-refractivity contribution in [1.29, 1.82) is 0 Å². The number of likely N-dealkylation sites (tertiary alicyclic amines) is 1. The zero-order valence-corrected chi connectivity index (χ0v) is 12.8. The maximum Gasteiger partial charge on any atom is 0.194 e. The van der Waals surface area contributed by atoms with Crippen LogP contribution in [0.15, 0.2) is 29.3 Å². The molecule has 0 spiro atoms. The van der Waals surface area contributed by atoms with E-state index in [-0.39, 0.29) is 17.7 Å². The molecule has 116 valence electrons. The van der Waals surface area contributed by atoms with Gasteiger partial charge < -0.3 is 15.0 Å². The number of halogens is 1. The smallest absolute Gasteiger partial charge is 0.194 e. The molecule has 1 atom stereocenters. The number of ether oxygens (including phenoxy) is 1. The number of rotatable bonds is 5. The first kappa shape index (κ1) is 15.6. The Morgan fingerprint density at radius 3 is 2.76 bits per heavy atom. The predicted octanol–water partition coefficient (Wildman–Crippen LogP) is 2.65. The van der Waals surface area contributed by atoms with Gasteiger partial charge in [-0.1, -0.05) is 12.1 Å². The highest BCUT2D eigenvalue weighted by Gasteiger charge is 2.16. The molecule has 0 radical (unpaired) electrons. The molecule has 1 aromatic rings. The zero-order chi connectivity index (χ0) is 15.1. The van der Waals surface area contributed by atoms with E-state index in [4.69, 9.17) is 4.74 Å². The van der Waals surface area contributed by atoms with Gasteiger partial charge in [0.2, 0.25) is 0 Å². The molecule has 1 heterocycles. The van der Waals surface area contributed by atoms with Gasteiger partial charge >= 0.3 is 0 Å². The number of aliphatic imine (C=N–C) groups is 1. The quantitative estimate of drug-likeness (QED) is 0.670. The molecule has 0 amide bonds. The summed E-state index contributed by atoms with van der Waals surface area (Å²) in [6, 6.07) is 6.46. The number of hydrogen-bond acceptors (Lipinski definition) is 2. The number of benzene rings is 1. The lowest BCUT2D eigenvalue weighted by atomic mass is 10.3. The van der Waals surface area contributed by atoms with E-state index in [1.54, 1.807) is 18.2 Å². The van der Waals surface area contributed by atoms with Crippen molar-refractivity contribution in [3.05, 3.63) is 30.1 Å². The second-order valence-electron chi connectivity index (χ2n) is 5.25. The average Bonchev–Trinajstić information content (AvgIpc) is 3.00. The van der Waals surface area contributed by atoms with Crippen molar-refractivity contribution >= 4 is 5.96 Å². The first-order valence-electron chi connectivity index (χ1n) is 7.65. The third-order valence-electron chi connectivity index (χ3n) is 3.40. The molecular formula is C16H24FN3O. The monoisotopic (exact) mass is 293 g/mol. The van der Waals surface area contributed by atoms with Gasteiger partial charge in [0, 0.05) is 19.6 Å². The van der Waals surface area contributed by atoms with Crippen LogP contribution < -0.4 is 10.1 Å². The summed E-state index contributed by atoms with van der Waals surface area (Å²) in [5.41, 5.74) is 0. The Morgan fingerprint density at radius 1 is 1.38 bits per heavy atom. The minimum atomic E-state index is -0.334. The van der Waals surface area contributed by atoms with Gasteiger partial charge in [-0.05, 0) is 38.8 Å². The van der Waals surface area contributed by atoms with E-state index in [0.717, 1.165) is 25.6 Å². The summed E-state index contributed by atoms with van der Waals surface area (Å²) in [5.74, 6) is 0.880. The van der Waals surface area contributed by atoms with Crippen LogP contribution in [0.4, 0.5) is 4.39 Å². The van der Waals surface area contributed by atoms with Gasteiger partial charge in [0.05, 0.1) is 6.54 Å². The highest BCUT2D eigenvalue weighted by atomic mass is 19.1. The molecule has 1 aliphatic rings. The first-order valence-corrected chi connectivity index (χ1v) is 7.65. The Kier molecular flexibility index (Phi) is 5.84. The minimum Gasteiger partial charge on any atom is -0.486 e. The summed E-state index contributed by atoms with van der Waals surface area (Å²) in [6.45, 7) is 7.42.